The van der Waals surface area contributed by atoms with Gasteiger partial charge in [-0.05, 0) is 41.7 Å². The highest BCUT2D eigenvalue weighted by Gasteiger charge is 2.66. The lowest BCUT2D eigenvalue weighted by Gasteiger charge is -2.15. The average Bonchev–Trinajstić information content (AvgIpc) is 2.56. The summed E-state index contributed by atoms with van der Waals surface area (Å²) >= 11 is 3.94. The van der Waals surface area contributed by atoms with Gasteiger partial charge in [0, 0.05) is 4.83 Å². The zero-order chi connectivity index (χ0) is 13.0. The van der Waals surface area contributed by atoms with Gasteiger partial charge in [-0.15, -0.1) is 0 Å². The van der Waals surface area contributed by atoms with Crippen LogP contribution in [-0.4, -0.2) is 0 Å². The van der Waals surface area contributed by atoms with E-state index in [4.69, 9.17) is 0 Å². The molecule has 2 rings (SSSR count). The minimum atomic E-state index is 0.429. The third-order valence-electron chi connectivity index (χ3n) is 5.15. The second-order valence-electron chi connectivity index (χ2n) is 6.68. The van der Waals surface area contributed by atoms with Gasteiger partial charge in [-0.3, -0.25) is 0 Å². The minimum absolute atomic E-state index is 0.429. The Morgan fingerprint density at radius 1 is 1.06 bits per heavy atom. The van der Waals surface area contributed by atoms with E-state index < -0.39 is 0 Å². The summed E-state index contributed by atoms with van der Waals surface area (Å²) in [7, 11) is 0. The minimum Gasteiger partial charge on any atom is -0.0835 e. The van der Waals surface area contributed by atoms with E-state index in [1.54, 1.807) is 0 Å². The molecule has 1 aliphatic carbocycles. The molecule has 17 heavy (non-hydrogen) atoms. The van der Waals surface area contributed by atoms with Gasteiger partial charge >= 0.3 is 0 Å². The first kappa shape index (κ1) is 13.1. The van der Waals surface area contributed by atoms with Crippen molar-refractivity contribution in [1.82, 2.24) is 0 Å². The number of hydrogen-bond donors (Lipinski definition) is 0. The molecule has 1 atom stereocenters. The summed E-state index contributed by atoms with van der Waals surface area (Å²) in [5, 5.41) is 0. The normalized spacial score (nSPS) is 23.5. The molecule has 94 valence electrons. The van der Waals surface area contributed by atoms with E-state index in [1.165, 1.54) is 16.7 Å². The van der Waals surface area contributed by atoms with Crippen LogP contribution in [0.15, 0.2) is 18.2 Å². The number of benzene rings is 1. The first-order valence-electron chi connectivity index (χ1n) is 6.41. The summed E-state index contributed by atoms with van der Waals surface area (Å²) in [5.74, 6) is 0.719. The largest absolute Gasteiger partial charge is 0.0835 e. The van der Waals surface area contributed by atoms with Crippen molar-refractivity contribution in [1.29, 1.82) is 0 Å². The molecule has 0 radical (unpaired) electrons. The maximum absolute atomic E-state index is 3.94. The van der Waals surface area contributed by atoms with E-state index in [-0.39, 0.29) is 0 Å². The zero-order valence-electron chi connectivity index (χ0n) is 11.8. The summed E-state index contributed by atoms with van der Waals surface area (Å²) in [5.41, 5.74) is 5.07. The summed E-state index contributed by atoms with van der Waals surface area (Å²) in [6.45, 7) is 13.9. The fraction of sp³-hybridized carbons (Fsp3) is 0.625. The Bertz CT molecular complexity index is 429. The Morgan fingerprint density at radius 2 is 1.59 bits per heavy atom. The Kier molecular flexibility index (Phi) is 2.97. The van der Waals surface area contributed by atoms with E-state index >= 15 is 0 Å². The molecular formula is C16H23Br. The predicted octanol–water partition coefficient (Wildman–Crippen LogP) is 5.42. The van der Waals surface area contributed by atoms with E-state index in [0.717, 1.165) is 5.92 Å². The lowest BCUT2D eigenvalue weighted by molar-refractivity contribution is 0.457. The van der Waals surface area contributed by atoms with Crippen LogP contribution in [0.5, 0.6) is 0 Å². The Morgan fingerprint density at radius 3 is 2.00 bits per heavy atom. The molecule has 0 heterocycles. The van der Waals surface area contributed by atoms with Crippen molar-refractivity contribution in [3.05, 3.63) is 34.9 Å². The fourth-order valence-electron chi connectivity index (χ4n) is 3.29. The number of alkyl halides is 1. The number of aryl methyl sites for hydroxylation is 2. The van der Waals surface area contributed by atoms with Gasteiger partial charge in [0.1, 0.15) is 0 Å². The Labute approximate surface area is 114 Å². The van der Waals surface area contributed by atoms with E-state index in [2.05, 4.69) is 75.7 Å². The van der Waals surface area contributed by atoms with Crippen LogP contribution in [0, 0.1) is 30.6 Å². The molecule has 0 nitrogen and oxygen atoms in total. The predicted molar refractivity (Wildman–Crippen MR) is 78.6 cm³/mol. The lowest BCUT2D eigenvalue weighted by Crippen LogP contribution is -2.01. The second kappa shape index (κ2) is 3.85. The van der Waals surface area contributed by atoms with Crippen molar-refractivity contribution in [3.63, 3.8) is 0 Å². The van der Waals surface area contributed by atoms with Crippen molar-refractivity contribution in [2.45, 2.75) is 46.4 Å². The molecule has 1 aromatic carbocycles. The van der Waals surface area contributed by atoms with E-state index in [0.29, 0.717) is 15.7 Å². The third kappa shape index (κ3) is 1.87. The highest BCUT2D eigenvalue weighted by Crippen LogP contribution is 2.74. The fourth-order valence-corrected chi connectivity index (χ4v) is 5.13. The van der Waals surface area contributed by atoms with Gasteiger partial charge in [0.25, 0.3) is 0 Å². The molecule has 0 saturated heterocycles. The van der Waals surface area contributed by atoms with Gasteiger partial charge in [0.15, 0.2) is 0 Å². The smallest absolute Gasteiger partial charge is 0.0436 e. The van der Waals surface area contributed by atoms with Crippen molar-refractivity contribution >= 4 is 15.9 Å². The van der Waals surface area contributed by atoms with Crippen LogP contribution in [0.4, 0.5) is 0 Å². The quantitative estimate of drug-likeness (QED) is 0.639. The third-order valence-corrected chi connectivity index (χ3v) is 6.17. The zero-order valence-corrected chi connectivity index (χ0v) is 13.4. The number of rotatable bonds is 2. The maximum Gasteiger partial charge on any atom is 0.0436 e. The van der Waals surface area contributed by atoms with Crippen molar-refractivity contribution < 1.29 is 0 Å². The van der Waals surface area contributed by atoms with Gasteiger partial charge in [-0.2, -0.15) is 0 Å². The second-order valence-corrected chi connectivity index (χ2v) is 7.67. The molecule has 0 N–H and O–H groups in total. The monoisotopic (exact) mass is 294 g/mol. The van der Waals surface area contributed by atoms with Gasteiger partial charge in [-0.1, -0.05) is 67.4 Å². The SMILES string of the molecule is Cc1ccc(C(Br)C2C(C)(C)C2(C)C)c(C)c1. The first-order chi connectivity index (χ1) is 7.69. The first-order valence-corrected chi connectivity index (χ1v) is 7.32. The molecule has 1 aliphatic rings. The topological polar surface area (TPSA) is 0 Å². The Balaban J connectivity index is 2.31. The van der Waals surface area contributed by atoms with Crippen molar-refractivity contribution in [3.8, 4) is 0 Å². The standard InChI is InChI=1S/C16H23Br/c1-10-7-8-12(11(2)9-10)13(17)14-15(3,4)16(14,5)6/h7-9,13-14H,1-6H3. The average molecular weight is 295 g/mol. The molecule has 1 unspecified atom stereocenters. The van der Waals surface area contributed by atoms with Gasteiger partial charge in [0.05, 0.1) is 0 Å². The van der Waals surface area contributed by atoms with Crippen LogP contribution < -0.4 is 0 Å². The van der Waals surface area contributed by atoms with Crippen LogP contribution >= 0.6 is 15.9 Å². The number of hydrogen-bond acceptors (Lipinski definition) is 0. The van der Waals surface area contributed by atoms with Gasteiger partial charge in [0.2, 0.25) is 0 Å². The van der Waals surface area contributed by atoms with Crippen LogP contribution in [-0.2, 0) is 0 Å². The van der Waals surface area contributed by atoms with E-state index in [9.17, 15) is 0 Å². The lowest BCUT2D eigenvalue weighted by atomic mass is 9.97. The number of halogens is 1. The summed E-state index contributed by atoms with van der Waals surface area (Å²) in [4.78, 5) is 0.480. The molecule has 1 heteroatoms. The van der Waals surface area contributed by atoms with Crippen LogP contribution in [0.2, 0.25) is 0 Å². The van der Waals surface area contributed by atoms with Crippen LogP contribution in [0.3, 0.4) is 0 Å². The molecule has 0 bridgehead atoms. The highest BCUT2D eigenvalue weighted by atomic mass is 79.9. The molecule has 0 aliphatic heterocycles. The molecule has 0 amide bonds. The summed E-state index contributed by atoms with van der Waals surface area (Å²) in [6.07, 6.45) is 0. The van der Waals surface area contributed by atoms with E-state index in [1.807, 2.05) is 0 Å². The molecule has 1 fully saturated rings. The molecular weight excluding hydrogens is 272 g/mol. The maximum atomic E-state index is 3.94. The summed E-state index contributed by atoms with van der Waals surface area (Å²) in [6, 6.07) is 6.79. The Hall–Kier alpha value is -0.300. The van der Waals surface area contributed by atoms with Gasteiger partial charge in [-0.25, -0.2) is 0 Å². The highest BCUT2D eigenvalue weighted by molar-refractivity contribution is 9.09. The van der Waals surface area contributed by atoms with Gasteiger partial charge < -0.3 is 0 Å². The molecule has 1 saturated carbocycles. The van der Waals surface area contributed by atoms with Crippen molar-refractivity contribution in [2.75, 3.05) is 0 Å². The van der Waals surface area contributed by atoms with Crippen LogP contribution in [0.25, 0.3) is 0 Å². The summed E-state index contributed by atoms with van der Waals surface area (Å²) < 4.78 is 0. The van der Waals surface area contributed by atoms with Crippen molar-refractivity contribution in [2.24, 2.45) is 16.7 Å². The molecule has 0 aromatic heterocycles. The molecule has 1 aromatic rings. The molecule has 0 spiro atoms. The van der Waals surface area contributed by atoms with Crippen LogP contribution in [0.1, 0.15) is 49.2 Å².